The first kappa shape index (κ1) is 64.5. The molecule has 3 saturated heterocycles. The highest BCUT2D eigenvalue weighted by molar-refractivity contribution is 5.82. The van der Waals surface area contributed by atoms with Gasteiger partial charge < -0.3 is 31.3 Å². The lowest BCUT2D eigenvalue weighted by Crippen LogP contribution is -2.58. The van der Waals surface area contributed by atoms with Crippen LogP contribution in [-0.4, -0.2) is 154 Å². The van der Waals surface area contributed by atoms with Crippen LogP contribution in [0.1, 0.15) is 140 Å². The second kappa shape index (κ2) is 24.2. The maximum Gasteiger partial charge on any atom is 0.201 e. The van der Waals surface area contributed by atoms with E-state index in [2.05, 4.69) is 181 Å². The van der Waals surface area contributed by atoms with Gasteiger partial charge in [-0.3, -0.25) is 9.67 Å². The fourth-order valence-corrected chi connectivity index (χ4v) is 14.9. The monoisotopic (exact) mass is 1300 g/mol. The van der Waals surface area contributed by atoms with E-state index in [-0.39, 0.29) is 79.7 Å². The number of aromatic hydroxyl groups is 3. The fraction of sp³-hybridized carbons (Fsp3) is 0.412. The van der Waals surface area contributed by atoms with Crippen LogP contribution >= 0.6 is 0 Å². The van der Waals surface area contributed by atoms with Crippen LogP contribution in [0.3, 0.4) is 0 Å². The van der Waals surface area contributed by atoms with E-state index in [1.165, 1.54) is 18.5 Å². The molecule has 12 aromatic rings. The Morgan fingerprint density at radius 1 is 0.448 bits per heavy atom. The molecule has 6 N–H and O–H groups in total. The van der Waals surface area contributed by atoms with Gasteiger partial charge >= 0.3 is 0 Å². The molecule has 0 saturated carbocycles. The van der Waals surface area contributed by atoms with E-state index in [4.69, 9.17) is 0 Å². The van der Waals surface area contributed by atoms with E-state index in [0.29, 0.717) is 73.0 Å². The number of phenolic OH excluding ortho intramolecular Hbond substituents is 3. The number of fused-ring (bicyclic) bond motifs is 3. The number of rotatable bonds is 9. The minimum Gasteiger partial charge on any atom is -0.507 e. The van der Waals surface area contributed by atoms with Gasteiger partial charge in [-0.25, -0.2) is 28.1 Å². The van der Waals surface area contributed by atoms with Crippen LogP contribution in [0, 0.1) is 5.82 Å². The Hall–Kier alpha value is -10.2. The molecule has 0 unspecified atom stereocenters. The lowest BCUT2D eigenvalue weighted by molar-refractivity contribution is 0.126. The first-order valence-corrected chi connectivity index (χ1v) is 32.0. The van der Waals surface area contributed by atoms with Crippen molar-refractivity contribution in [1.29, 1.82) is 0 Å². The molecule has 3 aliphatic heterocycles. The summed E-state index contributed by atoms with van der Waals surface area (Å²) in [5.41, 5.74) is 9.58. The third-order valence-corrected chi connectivity index (χ3v) is 17.8. The number of piperidine rings is 3. The summed E-state index contributed by atoms with van der Waals surface area (Å²) in [6.45, 7) is 26.4. The number of pyridine rings is 1. The van der Waals surface area contributed by atoms with Crippen LogP contribution in [0.15, 0.2) is 116 Å². The Morgan fingerprint density at radius 2 is 0.896 bits per heavy atom. The molecule has 0 radical (unpaired) electrons. The first-order chi connectivity index (χ1) is 45.4. The van der Waals surface area contributed by atoms with E-state index in [1.54, 1.807) is 65.6 Å². The van der Waals surface area contributed by atoms with E-state index in [1.807, 2.05) is 62.6 Å². The van der Waals surface area contributed by atoms with Gasteiger partial charge in [-0.1, -0.05) is 27.8 Å². The summed E-state index contributed by atoms with van der Waals surface area (Å²) in [7, 11) is 1.75. The van der Waals surface area contributed by atoms with Gasteiger partial charge in [0.15, 0.2) is 0 Å². The summed E-state index contributed by atoms with van der Waals surface area (Å²) in [5, 5.41) is 104. The summed E-state index contributed by atoms with van der Waals surface area (Å²) in [4.78, 5) is 8.26. The van der Waals surface area contributed by atoms with Crippen molar-refractivity contribution in [2.45, 2.75) is 173 Å². The molecule has 3 aliphatic rings. The van der Waals surface area contributed by atoms with Gasteiger partial charge in [0.05, 0.1) is 52.8 Å². The standard InChI is InChI=1S/C24H27N7O.C23H27FN8O.C21H25N9O/c1-23(2)13-16(14-24(3,4)29-23)31-22-20(27-30-31)12-19(26-28-22)17-9-8-15(11-21(17)32)18-7-5-6-10-25-18;1-22(2)9-14(10-23(3,4)29-22)32-21-19(27-30-32)8-18(26-28-21)16-6-17(24)15(7-20(16)33)13-11-25-31(5)12-13;1-20(2)9-14(10-21(3,4)27-20)30-19-17(25-28-30)8-16(24-26-19)15-6-5-13(7-18(15)31)29-12-22-11-23-29/h5-12,16,29,32H,13-14H2,1-4H3;6-8,11-12,14,29,33H,9-10H2,1-5H3;5-8,11-12,14,27,31H,9-10H2,1-4H3. The van der Waals surface area contributed by atoms with Crippen molar-refractivity contribution in [2.24, 2.45) is 7.05 Å². The number of halogens is 1. The van der Waals surface area contributed by atoms with Gasteiger partial charge in [-0.15, -0.1) is 45.9 Å². The highest BCUT2D eigenvalue weighted by Crippen LogP contribution is 2.42. The number of aryl methyl sites for hydroxylation is 1. The van der Waals surface area contributed by atoms with Gasteiger partial charge in [0, 0.05) is 92.1 Å². The molecule has 28 heteroatoms. The minimum atomic E-state index is -0.486. The van der Waals surface area contributed by atoms with Crippen LogP contribution in [0.5, 0.6) is 17.2 Å². The number of aromatic nitrogens is 21. The smallest absolute Gasteiger partial charge is 0.201 e. The molecule has 3 aromatic carbocycles. The SMILES string of the molecule is CC1(C)CC(n2nnc3cc(-c4ccc(-c5ccccn5)cc4O)nnc32)CC(C)(C)N1.CC1(C)CC(n2nnc3cc(-c4ccc(-n5cncn5)cc4O)nnc32)CC(C)(C)N1.Cn1cc(-c2cc(O)c(-c3cc4nnn(C5CC(C)(C)NC(C)(C)C5)c4nn3)cc2F)cn1. The zero-order chi connectivity index (χ0) is 67.9. The maximum absolute atomic E-state index is 14.9. The summed E-state index contributed by atoms with van der Waals surface area (Å²) >= 11 is 0. The predicted molar refractivity (Wildman–Crippen MR) is 360 cm³/mol. The summed E-state index contributed by atoms with van der Waals surface area (Å²) in [6.07, 6.45) is 13.4. The Labute approximate surface area is 553 Å². The number of benzene rings is 3. The number of nitrogens with zero attached hydrogens (tertiary/aromatic N) is 21. The normalized spacial score (nSPS) is 18.2. The molecule has 0 amide bonds. The van der Waals surface area contributed by atoms with Gasteiger partial charge in [0.25, 0.3) is 0 Å². The van der Waals surface area contributed by atoms with Crippen molar-refractivity contribution in [2.75, 3.05) is 0 Å². The van der Waals surface area contributed by atoms with Gasteiger partial charge in [0.2, 0.25) is 16.9 Å². The second-order valence-corrected chi connectivity index (χ2v) is 29.5. The molecule has 96 heavy (non-hydrogen) atoms. The van der Waals surface area contributed by atoms with Crippen molar-refractivity contribution < 1.29 is 19.7 Å². The van der Waals surface area contributed by atoms with Crippen LogP contribution in [0.25, 0.3) is 95.3 Å². The Kier molecular flexibility index (Phi) is 16.3. The van der Waals surface area contributed by atoms with Crippen LogP contribution in [0.2, 0.25) is 0 Å². The average Bonchev–Trinajstić information content (AvgIpc) is 1.56. The number of nitrogens with one attached hydrogen (secondary N) is 3. The Bertz CT molecular complexity index is 4790. The van der Waals surface area contributed by atoms with E-state index in [0.717, 1.165) is 49.8 Å². The largest absolute Gasteiger partial charge is 0.507 e. The molecule has 27 nitrogen and oxygen atoms in total. The van der Waals surface area contributed by atoms with Crippen molar-refractivity contribution in [3.8, 4) is 79.1 Å². The van der Waals surface area contributed by atoms with Crippen LogP contribution < -0.4 is 16.0 Å². The minimum absolute atomic E-state index is 0.0147. The molecule has 0 bridgehead atoms. The molecule has 9 aromatic heterocycles. The summed E-state index contributed by atoms with van der Waals surface area (Å²) in [5.74, 6) is -0.384. The van der Waals surface area contributed by atoms with E-state index in [9.17, 15) is 19.7 Å². The molecule has 0 spiro atoms. The van der Waals surface area contributed by atoms with Gasteiger partial charge in [0.1, 0.15) is 52.3 Å². The highest BCUT2D eigenvalue weighted by atomic mass is 19.1. The molecular formula is C68H79FN24O3. The number of hydrogen-bond donors (Lipinski definition) is 6. The fourth-order valence-electron chi connectivity index (χ4n) is 14.9. The zero-order valence-electron chi connectivity index (χ0n) is 56.1. The van der Waals surface area contributed by atoms with Crippen LogP contribution in [0.4, 0.5) is 4.39 Å². The molecule has 0 aliphatic carbocycles. The number of hydrogen-bond acceptors (Lipinski definition) is 22. The average molecular weight is 1300 g/mol. The third kappa shape index (κ3) is 13.6. The molecular weight excluding hydrogens is 1220 g/mol. The number of phenols is 3. The zero-order valence-corrected chi connectivity index (χ0v) is 56.1. The summed E-state index contributed by atoms with van der Waals surface area (Å²) in [6, 6.07) is 24.8. The van der Waals surface area contributed by atoms with Crippen molar-refractivity contribution >= 4 is 33.5 Å². The molecule has 496 valence electrons. The highest BCUT2D eigenvalue weighted by Gasteiger charge is 2.42. The lowest BCUT2D eigenvalue weighted by Gasteiger charge is -2.46. The first-order valence-electron chi connectivity index (χ1n) is 32.0. The van der Waals surface area contributed by atoms with E-state index < -0.39 is 5.82 Å². The third-order valence-electron chi connectivity index (χ3n) is 17.8. The Balaban J connectivity index is 0.000000130. The summed E-state index contributed by atoms with van der Waals surface area (Å²) < 4.78 is 23.7. The van der Waals surface area contributed by atoms with Gasteiger partial charge in [-0.2, -0.15) is 10.2 Å². The molecule has 12 heterocycles. The second-order valence-electron chi connectivity index (χ2n) is 29.5. The molecule has 0 atom stereocenters. The maximum atomic E-state index is 14.9. The van der Waals surface area contributed by atoms with Crippen molar-refractivity contribution in [1.82, 2.24) is 121 Å². The predicted octanol–water partition coefficient (Wildman–Crippen LogP) is 10.4. The van der Waals surface area contributed by atoms with Crippen molar-refractivity contribution in [3.05, 3.63) is 122 Å². The topological polar surface area (TPSA) is 328 Å². The lowest BCUT2D eigenvalue weighted by atomic mass is 9.79. The van der Waals surface area contributed by atoms with Crippen LogP contribution in [-0.2, 0) is 7.05 Å². The van der Waals surface area contributed by atoms with Gasteiger partial charge in [-0.05, 0) is 188 Å². The van der Waals surface area contributed by atoms with Crippen molar-refractivity contribution in [3.63, 3.8) is 0 Å². The van der Waals surface area contributed by atoms with E-state index >= 15 is 0 Å². The molecule has 15 rings (SSSR count). The molecule has 3 fully saturated rings. The Morgan fingerprint density at radius 3 is 1.30 bits per heavy atom. The quantitative estimate of drug-likeness (QED) is 0.0782.